The van der Waals surface area contributed by atoms with Crippen LogP contribution in [-0.4, -0.2) is 33.2 Å². The number of Topliss-reactive ketones (excluding diaryl/α,β-unsaturated/α-hetero) is 1. The van der Waals surface area contributed by atoms with Gasteiger partial charge in [-0.1, -0.05) is 75.4 Å². The lowest BCUT2D eigenvalue weighted by molar-refractivity contribution is -0.129. The Balaban J connectivity index is 1.75. The summed E-state index contributed by atoms with van der Waals surface area (Å²) in [6.45, 7) is 10.4. The third-order valence-corrected chi connectivity index (χ3v) is 7.31. The number of hydrogen-bond donors (Lipinski definition) is 1. The molecule has 1 atom stereocenters. The van der Waals surface area contributed by atoms with Gasteiger partial charge in [-0.15, -0.1) is 11.3 Å². The maximum atomic E-state index is 13.6. The molecule has 1 unspecified atom stereocenters. The van der Waals surface area contributed by atoms with Crippen LogP contribution < -0.4 is 0 Å². The van der Waals surface area contributed by atoms with Gasteiger partial charge in [-0.3, -0.25) is 9.59 Å². The number of rotatable bonds is 6. The topological polar surface area (TPSA) is 70.5 Å². The van der Waals surface area contributed by atoms with Crippen LogP contribution in [0.1, 0.15) is 63.9 Å². The zero-order valence-electron chi connectivity index (χ0n) is 20.3. The number of carbonyl (C=O) groups is 2. The number of aliphatic hydroxyl groups excluding tert-OH is 1. The summed E-state index contributed by atoms with van der Waals surface area (Å²) < 4.78 is 0. The molecule has 0 saturated carbocycles. The molecule has 0 fully saturated rings. The third-order valence-electron chi connectivity index (χ3n) is 6.23. The van der Waals surface area contributed by atoms with E-state index in [9.17, 15) is 14.7 Å². The Bertz CT molecular complexity index is 1250. The smallest absolute Gasteiger partial charge is 0.290 e. The number of aromatic nitrogens is 1. The summed E-state index contributed by atoms with van der Waals surface area (Å²) in [6, 6.07) is 17.2. The van der Waals surface area contributed by atoms with Crippen molar-refractivity contribution in [3.63, 3.8) is 0 Å². The Morgan fingerprint density at radius 3 is 2.26 bits per heavy atom. The predicted octanol–water partition coefficient (Wildman–Crippen LogP) is 5.88. The fourth-order valence-electron chi connectivity index (χ4n) is 4.39. The lowest BCUT2D eigenvalue weighted by Crippen LogP contribution is -2.33. The fraction of sp³-hybridized carbons (Fsp3) is 0.321. The molecule has 34 heavy (non-hydrogen) atoms. The van der Waals surface area contributed by atoms with Crippen molar-refractivity contribution in [3.05, 3.63) is 98.2 Å². The van der Waals surface area contributed by atoms with Crippen LogP contribution in [-0.2, 0) is 16.6 Å². The van der Waals surface area contributed by atoms with Gasteiger partial charge in [-0.25, -0.2) is 4.98 Å². The van der Waals surface area contributed by atoms with Crippen molar-refractivity contribution in [2.45, 2.75) is 52.5 Å². The molecule has 1 amide bonds. The van der Waals surface area contributed by atoms with E-state index in [2.05, 4.69) is 25.8 Å². The molecule has 1 aliphatic heterocycles. The second-order valence-corrected chi connectivity index (χ2v) is 11.0. The first kappa shape index (κ1) is 23.9. The van der Waals surface area contributed by atoms with Crippen LogP contribution >= 0.6 is 11.3 Å². The van der Waals surface area contributed by atoms with Gasteiger partial charge in [0.05, 0.1) is 27.2 Å². The van der Waals surface area contributed by atoms with Crippen molar-refractivity contribution in [2.24, 2.45) is 0 Å². The van der Waals surface area contributed by atoms with E-state index in [4.69, 9.17) is 0 Å². The predicted molar refractivity (Wildman–Crippen MR) is 135 cm³/mol. The maximum absolute atomic E-state index is 13.6. The van der Waals surface area contributed by atoms with E-state index >= 15 is 0 Å². The van der Waals surface area contributed by atoms with Crippen molar-refractivity contribution in [3.8, 4) is 0 Å². The van der Waals surface area contributed by atoms with Gasteiger partial charge in [0.25, 0.3) is 5.91 Å². The number of thiazole rings is 1. The average Bonchev–Trinajstić information content (AvgIpc) is 3.27. The SMILES string of the molecule is Cc1nc(C)c(C(=O)C2=C(O)C(=O)N(CCc3ccccc3)C2c2ccc(C(C)(C)C)cc2)s1. The first-order valence-electron chi connectivity index (χ1n) is 11.4. The zero-order chi connectivity index (χ0) is 24.6. The molecule has 0 spiro atoms. The van der Waals surface area contributed by atoms with E-state index in [1.54, 1.807) is 11.8 Å². The van der Waals surface area contributed by atoms with Crippen LogP contribution in [0.25, 0.3) is 0 Å². The first-order valence-corrected chi connectivity index (χ1v) is 12.3. The highest BCUT2D eigenvalue weighted by molar-refractivity contribution is 7.14. The molecule has 3 aromatic rings. The zero-order valence-corrected chi connectivity index (χ0v) is 21.1. The number of aryl methyl sites for hydroxylation is 2. The molecule has 2 aromatic carbocycles. The molecule has 6 heteroatoms. The Labute approximate surface area is 204 Å². The number of amides is 1. The van der Waals surface area contributed by atoms with Crippen molar-refractivity contribution >= 4 is 23.0 Å². The summed E-state index contributed by atoms with van der Waals surface area (Å²) in [5.74, 6) is -1.31. The Kier molecular flexibility index (Phi) is 6.45. The van der Waals surface area contributed by atoms with Crippen LogP contribution in [0.5, 0.6) is 0 Å². The highest BCUT2D eigenvalue weighted by atomic mass is 32.1. The van der Waals surface area contributed by atoms with Gasteiger partial charge in [0.15, 0.2) is 5.76 Å². The lowest BCUT2D eigenvalue weighted by Gasteiger charge is -2.28. The number of ketones is 1. The van der Waals surface area contributed by atoms with Gasteiger partial charge in [-0.05, 0) is 42.4 Å². The minimum atomic E-state index is -0.653. The molecule has 5 nitrogen and oxygen atoms in total. The number of nitrogens with zero attached hydrogens (tertiary/aromatic N) is 2. The number of aliphatic hydroxyl groups is 1. The molecule has 176 valence electrons. The Hall–Kier alpha value is -3.25. The lowest BCUT2D eigenvalue weighted by atomic mass is 9.85. The summed E-state index contributed by atoms with van der Waals surface area (Å²) in [6.07, 6.45) is 0.622. The molecule has 0 saturated heterocycles. The Morgan fingerprint density at radius 1 is 1.06 bits per heavy atom. The van der Waals surface area contributed by atoms with Crippen LogP contribution in [0.15, 0.2) is 65.9 Å². The van der Waals surface area contributed by atoms with Crippen molar-refractivity contribution in [1.29, 1.82) is 0 Å². The van der Waals surface area contributed by atoms with E-state index in [-0.39, 0.29) is 16.8 Å². The molecule has 1 aromatic heterocycles. The van der Waals surface area contributed by atoms with Crippen molar-refractivity contribution in [1.82, 2.24) is 9.88 Å². The average molecular weight is 475 g/mol. The number of hydrogen-bond acceptors (Lipinski definition) is 5. The van der Waals surface area contributed by atoms with E-state index < -0.39 is 17.7 Å². The molecule has 0 aliphatic carbocycles. The molecule has 4 rings (SSSR count). The largest absolute Gasteiger partial charge is 0.503 e. The second kappa shape index (κ2) is 9.18. The van der Waals surface area contributed by atoms with Gasteiger partial charge < -0.3 is 10.0 Å². The van der Waals surface area contributed by atoms with Crippen molar-refractivity contribution < 1.29 is 14.7 Å². The minimum absolute atomic E-state index is 0.0229. The van der Waals surface area contributed by atoms with Crippen LogP contribution in [0.3, 0.4) is 0 Å². The van der Waals surface area contributed by atoms with E-state index in [0.717, 1.165) is 21.7 Å². The molecule has 2 heterocycles. The Morgan fingerprint density at radius 2 is 1.71 bits per heavy atom. The molecule has 1 N–H and O–H groups in total. The fourth-order valence-corrected chi connectivity index (χ4v) is 5.26. The minimum Gasteiger partial charge on any atom is -0.503 e. The van der Waals surface area contributed by atoms with Gasteiger partial charge in [0, 0.05) is 6.54 Å². The summed E-state index contributed by atoms with van der Waals surface area (Å²) >= 11 is 1.29. The number of benzene rings is 2. The van der Waals surface area contributed by atoms with E-state index in [0.29, 0.717) is 23.5 Å². The van der Waals surface area contributed by atoms with E-state index in [1.165, 1.54) is 11.3 Å². The summed E-state index contributed by atoms with van der Waals surface area (Å²) in [5.41, 5.74) is 3.78. The van der Waals surface area contributed by atoms with Crippen LogP contribution in [0.2, 0.25) is 0 Å². The molecule has 0 radical (unpaired) electrons. The van der Waals surface area contributed by atoms with Gasteiger partial charge in [0.1, 0.15) is 0 Å². The standard InChI is InChI=1S/C28H30N2O3S/c1-17-26(34-18(2)29-17)24(31)22-23(20-11-13-21(14-12-20)28(3,4)5)30(27(33)25(22)32)16-15-19-9-7-6-8-10-19/h6-14,23,32H,15-16H2,1-5H3. The molecular formula is C28H30N2O3S. The summed E-state index contributed by atoms with van der Waals surface area (Å²) in [7, 11) is 0. The monoisotopic (exact) mass is 474 g/mol. The summed E-state index contributed by atoms with van der Waals surface area (Å²) in [4.78, 5) is 33.3. The summed E-state index contributed by atoms with van der Waals surface area (Å²) in [5, 5.41) is 11.7. The van der Waals surface area contributed by atoms with Gasteiger partial charge in [-0.2, -0.15) is 0 Å². The highest BCUT2D eigenvalue weighted by Gasteiger charge is 2.44. The normalized spacial score (nSPS) is 16.4. The first-order chi connectivity index (χ1) is 16.1. The molecule has 0 bridgehead atoms. The second-order valence-electron chi connectivity index (χ2n) is 9.75. The van der Waals surface area contributed by atoms with Gasteiger partial charge in [0.2, 0.25) is 5.78 Å². The molecular weight excluding hydrogens is 444 g/mol. The molecule has 1 aliphatic rings. The quantitative estimate of drug-likeness (QED) is 0.453. The van der Waals surface area contributed by atoms with E-state index in [1.807, 2.05) is 61.5 Å². The highest BCUT2D eigenvalue weighted by Crippen LogP contribution is 2.40. The van der Waals surface area contributed by atoms with Crippen molar-refractivity contribution in [2.75, 3.05) is 6.54 Å². The van der Waals surface area contributed by atoms with Crippen LogP contribution in [0, 0.1) is 13.8 Å². The third kappa shape index (κ3) is 4.55. The van der Waals surface area contributed by atoms with Gasteiger partial charge >= 0.3 is 0 Å². The number of carbonyl (C=O) groups excluding carboxylic acids is 2. The van der Waals surface area contributed by atoms with Crippen LogP contribution in [0.4, 0.5) is 0 Å². The maximum Gasteiger partial charge on any atom is 0.290 e.